The monoisotopic (exact) mass is 327 g/mol. The first-order chi connectivity index (χ1) is 11.7. The molecule has 1 fully saturated rings. The standard InChI is InChI=1S/C18H21N3O3/c22-17-7-6-15(12-19-17)18(23)20-16(14-4-2-1-3-5-14)13-21-8-10-24-11-9-21/h1-7,12,16H,8-11,13H2,(H,19,22)(H,20,23)/t16-/m0/s1. The number of nitrogens with zero attached hydrogens (tertiary/aromatic N) is 1. The van der Waals surface area contributed by atoms with E-state index in [1.807, 2.05) is 30.3 Å². The van der Waals surface area contributed by atoms with Gasteiger partial charge in [-0.05, 0) is 11.6 Å². The molecule has 24 heavy (non-hydrogen) atoms. The number of H-pyrrole nitrogens is 1. The molecule has 6 nitrogen and oxygen atoms in total. The van der Waals surface area contributed by atoms with Crippen LogP contribution in [-0.2, 0) is 4.74 Å². The Hall–Kier alpha value is -2.44. The zero-order valence-electron chi connectivity index (χ0n) is 13.4. The highest BCUT2D eigenvalue weighted by Gasteiger charge is 2.20. The summed E-state index contributed by atoms with van der Waals surface area (Å²) in [6.07, 6.45) is 1.44. The van der Waals surface area contributed by atoms with Gasteiger partial charge in [0.15, 0.2) is 0 Å². The maximum absolute atomic E-state index is 12.5. The number of rotatable bonds is 5. The van der Waals surface area contributed by atoms with Crippen molar-refractivity contribution in [3.63, 3.8) is 0 Å². The zero-order valence-corrected chi connectivity index (χ0v) is 13.4. The van der Waals surface area contributed by atoms with Crippen molar-refractivity contribution in [2.75, 3.05) is 32.8 Å². The van der Waals surface area contributed by atoms with Crippen LogP contribution < -0.4 is 10.9 Å². The van der Waals surface area contributed by atoms with Crippen molar-refractivity contribution in [3.8, 4) is 0 Å². The van der Waals surface area contributed by atoms with E-state index in [0.717, 1.165) is 38.4 Å². The number of nitrogens with one attached hydrogen (secondary N) is 2. The Morgan fingerprint density at radius 2 is 1.92 bits per heavy atom. The van der Waals surface area contributed by atoms with Crippen molar-refractivity contribution in [1.29, 1.82) is 0 Å². The zero-order chi connectivity index (χ0) is 16.8. The minimum Gasteiger partial charge on any atom is -0.379 e. The lowest BCUT2D eigenvalue weighted by atomic mass is 10.1. The summed E-state index contributed by atoms with van der Waals surface area (Å²) in [5.41, 5.74) is 1.28. The quantitative estimate of drug-likeness (QED) is 0.865. The molecule has 3 rings (SSSR count). The van der Waals surface area contributed by atoms with Crippen LogP contribution in [0.15, 0.2) is 53.5 Å². The normalized spacial score (nSPS) is 16.5. The molecule has 1 aliphatic heterocycles. The van der Waals surface area contributed by atoms with Gasteiger partial charge in [-0.25, -0.2) is 0 Å². The number of amides is 1. The molecule has 2 N–H and O–H groups in total. The first kappa shape index (κ1) is 16.4. The highest BCUT2D eigenvalue weighted by molar-refractivity contribution is 5.94. The maximum Gasteiger partial charge on any atom is 0.253 e. The molecule has 0 spiro atoms. The number of carbonyl (C=O) groups excluding carboxylic acids is 1. The summed E-state index contributed by atoms with van der Waals surface area (Å²) in [7, 11) is 0. The number of hydrogen-bond donors (Lipinski definition) is 2. The van der Waals surface area contributed by atoms with Gasteiger partial charge < -0.3 is 15.0 Å². The summed E-state index contributed by atoms with van der Waals surface area (Å²) < 4.78 is 5.39. The van der Waals surface area contributed by atoms with Crippen LogP contribution in [0.3, 0.4) is 0 Å². The van der Waals surface area contributed by atoms with Crippen LogP contribution in [0.1, 0.15) is 22.0 Å². The van der Waals surface area contributed by atoms with Crippen LogP contribution in [0.25, 0.3) is 0 Å². The summed E-state index contributed by atoms with van der Waals surface area (Å²) in [6, 6.07) is 12.7. The molecule has 1 saturated heterocycles. The third-order valence-corrected chi connectivity index (χ3v) is 4.10. The molecule has 6 heteroatoms. The minimum atomic E-state index is -0.223. The summed E-state index contributed by atoms with van der Waals surface area (Å²) >= 11 is 0. The van der Waals surface area contributed by atoms with E-state index in [2.05, 4.69) is 15.2 Å². The van der Waals surface area contributed by atoms with Crippen LogP contribution in [0.2, 0.25) is 0 Å². The van der Waals surface area contributed by atoms with E-state index < -0.39 is 0 Å². The molecule has 1 aromatic carbocycles. The van der Waals surface area contributed by atoms with Crippen molar-refractivity contribution in [2.45, 2.75) is 6.04 Å². The first-order valence-electron chi connectivity index (χ1n) is 8.07. The largest absolute Gasteiger partial charge is 0.379 e. The predicted molar refractivity (Wildman–Crippen MR) is 91.0 cm³/mol. The van der Waals surface area contributed by atoms with E-state index in [1.54, 1.807) is 0 Å². The maximum atomic E-state index is 12.5. The van der Waals surface area contributed by atoms with Gasteiger partial charge >= 0.3 is 0 Å². The van der Waals surface area contributed by atoms with Crippen LogP contribution in [0.5, 0.6) is 0 Å². The number of morpholine rings is 1. The van der Waals surface area contributed by atoms with Gasteiger partial charge in [-0.1, -0.05) is 30.3 Å². The second-order valence-electron chi connectivity index (χ2n) is 5.79. The van der Waals surface area contributed by atoms with Crippen molar-refractivity contribution in [2.24, 2.45) is 0 Å². The van der Waals surface area contributed by atoms with Crippen molar-refractivity contribution in [1.82, 2.24) is 15.2 Å². The number of ether oxygens (including phenoxy) is 1. The van der Waals surface area contributed by atoms with Gasteiger partial charge in [0.2, 0.25) is 5.56 Å². The average molecular weight is 327 g/mol. The predicted octanol–water partition coefficient (Wildman–Crippen LogP) is 1.18. The molecular weight excluding hydrogens is 306 g/mol. The lowest BCUT2D eigenvalue weighted by Crippen LogP contribution is -2.43. The molecular formula is C18H21N3O3. The summed E-state index contributed by atoms with van der Waals surface area (Å²) in [6.45, 7) is 3.88. The number of carbonyl (C=O) groups is 1. The molecule has 1 aliphatic rings. The topological polar surface area (TPSA) is 74.4 Å². The highest BCUT2D eigenvalue weighted by Crippen LogP contribution is 2.16. The van der Waals surface area contributed by atoms with Crippen LogP contribution in [0.4, 0.5) is 0 Å². The Morgan fingerprint density at radius 3 is 2.58 bits per heavy atom. The molecule has 1 amide bonds. The molecule has 1 aromatic heterocycles. The number of aromatic amines is 1. The van der Waals surface area contributed by atoms with Gasteiger partial charge in [0.05, 0.1) is 24.8 Å². The number of pyridine rings is 1. The Morgan fingerprint density at radius 1 is 1.17 bits per heavy atom. The first-order valence-corrected chi connectivity index (χ1v) is 8.07. The fourth-order valence-electron chi connectivity index (χ4n) is 2.76. The molecule has 2 aromatic rings. The summed E-state index contributed by atoms with van der Waals surface area (Å²) in [4.78, 5) is 28.5. The molecule has 126 valence electrons. The molecule has 2 heterocycles. The second kappa shape index (κ2) is 7.90. The molecule has 0 unspecified atom stereocenters. The van der Waals surface area contributed by atoms with Crippen LogP contribution in [-0.4, -0.2) is 48.6 Å². The summed E-state index contributed by atoms with van der Waals surface area (Å²) in [5, 5.41) is 3.07. The Balaban J connectivity index is 1.74. The van der Waals surface area contributed by atoms with Crippen molar-refractivity contribution < 1.29 is 9.53 Å². The fourth-order valence-corrected chi connectivity index (χ4v) is 2.76. The smallest absolute Gasteiger partial charge is 0.253 e. The van der Waals surface area contributed by atoms with E-state index >= 15 is 0 Å². The Kier molecular flexibility index (Phi) is 5.40. The Bertz CT molecular complexity index is 703. The third-order valence-electron chi connectivity index (χ3n) is 4.10. The highest BCUT2D eigenvalue weighted by atomic mass is 16.5. The van der Waals surface area contributed by atoms with E-state index in [9.17, 15) is 9.59 Å². The van der Waals surface area contributed by atoms with Crippen LogP contribution in [0, 0.1) is 0 Å². The summed E-state index contributed by atoms with van der Waals surface area (Å²) in [5.74, 6) is -0.201. The number of hydrogen-bond acceptors (Lipinski definition) is 4. The van der Waals surface area contributed by atoms with E-state index in [1.165, 1.54) is 18.3 Å². The molecule has 0 bridgehead atoms. The number of benzene rings is 1. The minimum absolute atomic E-state index is 0.122. The fraction of sp³-hybridized carbons (Fsp3) is 0.333. The van der Waals surface area contributed by atoms with Crippen molar-refractivity contribution >= 4 is 5.91 Å². The third kappa shape index (κ3) is 4.31. The lowest BCUT2D eigenvalue weighted by Gasteiger charge is -2.31. The molecule has 0 saturated carbocycles. The van der Waals surface area contributed by atoms with Gasteiger partial charge in [-0.15, -0.1) is 0 Å². The van der Waals surface area contributed by atoms with Crippen LogP contribution >= 0.6 is 0 Å². The van der Waals surface area contributed by atoms with E-state index in [4.69, 9.17) is 4.74 Å². The number of aromatic nitrogens is 1. The molecule has 0 aliphatic carbocycles. The second-order valence-corrected chi connectivity index (χ2v) is 5.79. The van der Waals surface area contributed by atoms with Gasteiger partial charge in [0.1, 0.15) is 0 Å². The van der Waals surface area contributed by atoms with Gasteiger partial charge in [0.25, 0.3) is 5.91 Å². The Labute approximate surface area is 140 Å². The molecule has 0 radical (unpaired) electrons. The van der Waals surface area contributed by atoms with Crippen molar-refractivity contribution in [3.05, 3.63) is 70.1 Å². The van der Waals surface area contributed by atoms with E-state index in [0.29, 0.717) is 5.56 Å². The average Bonchev–Trinajstić information content (AvgIpc) is 2.63. The SMILES string of the molecule is O=C(N[C@@H](CN1CCOCC1)c1ccccc1)c1ccc(=O)[nH]c1. The van der Waals surface area contributed by atoms with Gasteiger partial charge in [-0.2, -0.15) is 0 Å². The van der Waals surface area contributed by atoms with Gasteiger partial charge in [-0.3, -0.25) is 14.5 Å². The van der Waals surface area contributed by atoms with E-state index in [-0.39, 0.29) is 17.5 Å². The lowest BCUT2D eigenvalue weighted by molar-refractivity contribution is 0.0332. The molecule has 1 atom stereocenters. The van der Waals surface area contributed by atoms with Gasteiger partial charge in [0, 0.05) is 31.9 Å².